The van der Waals surface area contributed by atoms with E-state index in [1.54, 1.807) is 0 Å². The molecular formula is C42H36O4P2Ru. The molecule has 0 N–H and O–H groups in total. The number of benzene rings is 6. The summed E-state index contributed by atoms with van der Waals surface area (Å²) in [6, 6.07) is 64.7. The molecule has 0 atom stereocenters. The van der Waals surface area contributed by atoms with Gasteiger partial charge in [0.05, 0.1) is 0 Å². The van der Waals surface area contributed by atoms with Crippen LogP contribution >= 0.6 is 15.8 Å². The third kappa shape index (κ3) is 14.6. The molecule has 6 aromatic rings. The van der Waals surface area contributed by atoms with E-state index in [0.717, 1.165) is 26.4 Å². The van der Waals surface area contributed by atoms with Gasteiger partial charge in [0.25, 0.3) is 0 Å². The standard InChI is InChI=1S/2C18H15P.2C3H3O2.Ru/c2*1-4-10-16(11-5-1)19(17-12-6-2-7-13-17)18-14-8-3-9-15-18;2*1-3(5)2-4;/h2*1-15H;2*1H3;/q;;2*-1;+2. The van der Waals surface area contributed by atoms with Crippen LogP contribution in [0.1, 0.15) is 13.8 Å². The molecule has 0 bridgehead atoms. The van der Waals surface area contributed by atoms with Crippen molar-refractivity contribution in [3.63, 3.8) is 0 Å². The van der Waals surface area contributed by atoms with Gasteiger partial charge in [0, 0.05) is 11.6 Å². The molecule has 7 heteroatoms. The quantitative estimate of drug-likeness (QED) is 0.0795. The van der Waals surface area contributed by atoms with Gasteiger partial charge in [0.1, 0.15) is 0 Å². The van der Waals surface area contributed by atoms with E-state index in [-0.39, 0.29) is 19.5 Å². The van der Waals surface area contributed by atoms with Crippen LogP contribution in [0.25, 0.3) is 0 Å². The van der Waals surface area contributed by atoms with Gasteiger partial charge in [-0.15, -0.1) is 0 Å². The van der Waals surface area contributed by atoms with Crippen LogP contribution in [0.4, 0.5) is 0 Å². The SMILES string of the molecule is CC(=O)[C-]=O.CC(=O)[C-]=O.[Ru+2].c1ccc(P(c2ccccc2)c2ccccc2)cc1.c1ccc(P(c2ccccc2)c2ccccc2)cc1. The molecule has 4 nitrogen and oxygen atoms in total. The van der Waals surface area contributed by atoms with Gasteiger partial charge >= 0.3 is 19.5 Å². The van der Waals surface area contributed by atoms with Crippen LogP contribution in [0.15, 0.2) is 182 Å². The average molecular weight is 768 g/mol. The maximum Gasteiger partial charge on any atom is 2.00 e. The molecule has 246 valence electrons. The van der Waals surface area contributed by atoms with Crippen molar-refractivity contribution >= 4 is 71.8 Å². The topological polar surface area (TPSA) is 68.3 Å². The van der Waals surface area contributed by atoms with Crippen molar-refractivity contribution in [3.05, 3.63) is 182 Å². The Labute approximate surface area is 304 Å². The van der Waals surface area contributed by atoms with Crippen molar-refractivity contribution < 1.29 is 38.7 Å². The zero-order valence-electron chi connectivity index (χ0n) is 27.2. The molecule has 6 rings (SSSR count). The molecule has 0 saturated carbocycles. The summed E-state index contributed by atoms with van der Waals surface area (Å²) in [5.74, 6) is -1.10. The number of carbonyl (C=O) groups is 2. The number of hydrogen-bond donors (Lipinski definition) is 0. The Kier molecular flexibility index (Phi) is 19.7. The summed E-state index contributed by atoms with van der Waals surface area (Å²) in [5.41, 5.74) is 0. The molecule has 0 radical (unpaired) electrons. The van der Waals surface area contributed by atoms with E-state index in [2.05, 4.69) is 182 Å². The second-order valence-corrected chi connectivity index (χ2v) is 14.4. The summed E-state index contributed by atoms with van der Waals surface area (Å²) in [7, 11) is -0.892. The third-order valence-electron chi connectivity index (χ3n) is 6.37. The van der Waals surface area contributed by atoms with Gasteiger partial charge in [-0.2, -0.15) is 12.6 Å². The van der Waals surface area contributed by atoms with Crippen molar-refractivity contribution in [1.29, 1.82) is 0 Å². The largest absolute Gasteiger partial charge is 2.00 e. The summed E-state index contributed by atoms with van der Waals surface area (Å²) in [4.78, 5) is 36.8. The maximum atomic E-state index is 9.39. The van der Waals surface area contributed by atoms with Gasteiger partial charge < -0.3 is 19.2 Å². The van der Waals surface area contributed by atoms with Gasteiger partial charge in [-0.05, 0) is 61.5 Å². The van der Waals surface area contributed by atoms with Crippen LogP contribution < -0.4 is 31.8 Å². The first-order valence-corrected chi connectivity index (χ1v) is 17.8. The van der Waals surface area contributed by atoms with Crippen LogP contribution in [0.5, 0.6) is 0 Å². The maximum absolute atomic E-state index is 9.39. The Hall–Kier alpha value is -4.52. The van der Waals surface area contributed by atoms with Crippen LogP contribution in [0.2, 0.25) is 0 Å². The van der Waals surface area contributed by atoms with Crippen molar-refractivity contribution in [2.45, 2.75) is 13.8 Å². The minimum absolute atomic E-state index is 0. The van der Waals surface area contributed by atoms with Crippen LogP contribution in [-0.4, -0.2) is 24.1 Å². The van der Waals surface area contributed by atoms with E-state index in [9.17, 15) is 9.59 Å². The van der Waals surface area contributed by atoms with E-state index < -0.39 is 27.4 Å². The van der Waals surface area contributed by atoms with E-state index in [1.165, 1.54) is 31.8 Å². The third-order valence-corrected chi connectivity index (χ3v) is 11.3. The van der Waals surface area contributed by atoms with Gasteiger partial charge in [0.15, 0.2) is 0 Å². The molecule has 0 unspecified atom stereocenters. The fourth-order valence-corrected chi connectivity index (χ4v) is 8.97. The molecule has 0 aliphatic rings. The summed E-state index contributed by atoms with van der Waals surface area (Å²) in [6.07, 6.45) is 2.28. The van der Waals surface area contributed by atoms with Crippen LogP contribution in [-0.2, 0) is 38.7 Å². The average Bonchev–Trinajstić information content (AvgIpc) is 3.15. The van der Waals surface area contributed by atoms with Crippen molar-refractivity contribution in [1.82, 2.24) is 0 Å². The monoisotopic (exact) mass is 768 g/mol. The second kappa shape index (κ2) is 23.8. The molecule has 0 aliphatic carbocycles. The molecule has 0 aliphatic heterocycles. The number of carbonyl (C=O) groups excluding carboxylic acids is 4. The Morgan fingerprint density at radius 3 is 0.571 bits per heavy atom. The Morgan fingerprint density at radius 2 is 0.469 bits per heavy atom. The predicted molar refractivity (Wildman–Crippen MR) is 203 cm³/mol. The predicted octanol–water partition coefficient (Wildman–Crippen LogP) is 6.26. The summed E-state index contributed by atoms with van der Waals surface area (Å²) in [5, 5.41) is 8.39. The van der Waals surface area contributed by atoms with E-state index in [1.807, 2.05) is 0 Å². The molecule has 0 heterocycles. The zero-order valence-corrected chi connectivity index (χ0v) is 30.7. The minimum Gasteiger partial charge on any atom is -0.534 e. The first-order valence-electron chi connectivity index (χ1n) is 15.1. The molecule has 0 amide bonds. The number of hydrogen-bond acceptors (Lipinski definition) is 4. The minimum atomic E-state index is -0.551. The summed E-state index contributed by atoms with van der Waals surface area (Å²) in [6.45, 7) is 2.32. The first-order chi connectivity index (χ1) is 23.4. The molecule has 0 spiro atoms. The van der Waals surface area contributed by atoms with E-state index in [4.69, 9.17) is 9.59 Å². The smallest absolute Gasteiger partial charge is 0.534 e. The van der Waals surface area contributed by atoms with Crippen LogP contribution in [0, 0.1) is 0 Å². The molecule has 0 fully saturated rings. The fraction of sp³-hybridized carbons (Fsp3) is 0.0476. The second-order valence-electron chi connectivity index (χ2n) is 10.0. The number of Topliss-reactive ketones (excluding diaryl/α,β-unsaturated/α-hetero) is 2. The number of ketones is 2. The summed E-state index contributed by atoms with van der Waals surface area (Å²) < 4.78 is 0. The van der Waals surface area contributed by atoms with Gasteiger partial charge in [-0.3, -0.25) is 0 Å². The normalized spacial score (nSPS) is 9.55. The van der Waals surface area contributed by atoms with Gasteiger partial charge in [-0.1, -0.05) is 182 Å². The van der Waals surface area contributed by atoms with Crippen molar-refractivity contribution in [2.75, 3.05) is 0 Å². The molecule has 49 heavy (non-hydrogen) atoms. The summed E-state index contributed by atoms with van der Waals surface area (Å²) >= 11 is 0. The first kappa shape index (κ1) is 40.7. The van der Waals surface area contributed by atoms with E-state index >= 15 is 0 Å². The molecule has 0 aromatic heterocycles. The van der Waals surface area contributed by atoms with E-state index in [0.29, 0.717) is 0 Å². The van der Waals surface area contributed by atoms with Gasteiger partial charge in [0.2, 0.25) is 0 Å². The van der Waals surface area contributed by atoms with Crippen molar-refractivity contribution in [2.24, 2.45) is 0 Å². The molecule has 0 saturated heterocycles. The Morgan fingerprint density at radius 1 is 0.347 bits per heavy atom. The zero-order chi connectivity index (χ0) is 34.4. The van der Waals surface area contributed by atoms with Crippen molar-refractivity contribution in [3.8, 4) is 0 Å². The molecular weight excluding hydrogens is 731 g/mol. The van der Waals surface area contributed by atoms with Crippen LogP contribution in [0.3, 0.4) is 0 Å². The number of rotatable bonds is 8. The van der Waals surface area contributed by atoms with Gasteiger partial charge in [-0.25, -0.2) is 0 Å². The Balaban J connectivity index is 0.000000264. The Bertz CT molecular complexity index is 1470. The fourth-order valence-electron chi connectivity index (χ4n) is 4.36. The molecule has 6 aromatic carbocycles.